The number of rotatable bonds is 5. The molecular weight excluding hydrogens is 432 g/mol. The number of β-amino-alcohol motifs (C(OH)–C–C–N with tert-alkyl or cyclic N) is 1. The fraction of sp³-hybridized carbons (Fsp3) is 0.158. The number of carbonyl (C=O) groups is 2. The van der Waals surface area contributed by atoms with Crippen molar-refractivity contribution in [3.8, 4) is 0 Å². The van der Waals surface area contributed by atoms with Crippen molar-refractivity contribution in [3.63, 3.8) is 0 Å². The molecule has 144 valence electrons. The average Bonchev–Trinajstić information content (AvgIpc) is 2.93. The van der Waals surface area contributed by atoms with E-state index >= 15 is 0 Å². The summed E-state index contributed by atoms with van der Waals surface area (Å²) in [7, 11) is 0. The van der Waals surface area contributed by atoms with Gasteiger partial charge in [-0.3, -0.25) is 19.7 Å². The molecule has 0 bridgehead atoms. The van der Waals surface area contributed by atoms with E-state index in [1.54, 1.807) is 24.3 Å². The number of aliphatic hydroxyl groups excluding tert-OH is 2. The highest BCUT2D eigenvalue weighted by Crippen LogP contribution is 2.39. The second-order valence-electron chi connectivity index (χ2n) is 6.07. The number of ketones is 1. The van der Waals surface area contributed by atoms with E-state index in [1.165, 1.54) is 29.2 Å². The molecule has 1 aliphatic rings. The molecule has 0 radical (unpaired) electrons. The monoisotopic (exact) mass is 446 g/mol. The van der Waals surface area contributed by atoms with Gasteiger partial charge in [0.2, 0.25) is 0 Å². The quantitative estimate of drug-likeness (QED) is 0.239. The highest BCUT2D eigenvalue weighted by Gasteiger charge is 2.45. The van der Waals surface area contributed by atoms with E-state index in [2.05, 4.69) is 15.9 Å². The van der Waals surface area contributed by atoms with Gasteiger partial charge in [-0.25, -0.2) is 0 Å². The first kappa shape index (κ1) is 19.7. The van der Waals surface area contributed by atoms with Crippen LogP contribution in [0.15, 0.2) is 58.6 Å². The molecule has 1 saturated heterocycles. The van der Waals surface area contributed by atoms with E-state index in [-0.39, 0.29) is 30.0 Å². The summed E-state index contributed by atoms with van der Waals surface area (Å²) >= 11 is 3.32. The standard InChI is InChI=1S/C19H15BrN2O6/c20-13-5-1-11(2-6-13)16-15(18(25)19(26)21(16)9-10-23)17(24)12-3-7-14(8-4-12)22(27)28/h1-8,16,23-24H,9-10H2/t16-/m0/s1. The van der Waals surface area contributed by atoms with Gasteiger partial charge < -0.3 is 15.1 Å². The number of hydrogen-bond donors (Lipinski definition) is 2. The first-order valence-electron chi connectivity index (χ1n) is 8.24. The normalized spacial score (nSPS) is 18.5. The third kappa shape index (κ3) is 3.54. The number of non-ortho nitro benzene ring substituents is 1. The van der Waals surface area contributed by atoms with Crippen molar-refractivity contribution < 1.29 is 24.7 Å². The van der Waals surface area contributed by atoms with Crippen LogP contribution in [-0.4, -0.2) is 44.9 Å². The Morgan fingerprint density at radius 2 is 1.71 bits per heavy atom. The molecule has 0 saturated carbocycles. The Morgan fingerprint density at radius 1 is 1.11 bits per heavy atom. The van der Waals surface area contributed by atoms with Gasteiger partial charge in [0, 0.05) is 28.7 Å². The number of nitro benzene ring substituents is 1. The van der Waals surface area contributed by atoms with Crippen LogP contribution in [0, 0.1) is 10.1 Å². The smallest absolute Gasteiger partial charge is 0.295 e. The van der Waals surface area contributed by atoms with Gasteiger partial charge in [-0.1, -0.05) is 28.1 Å². The highest BCUT2D eigenvalue weighted by molar-refractivity contribution is 9.10. The lowest BCUT2D eigenvalue weighted by atomic mass is 9.95. The van der Waals surface area contributed by atoms with Gasteiger partial charge in [0.05, 0.1) is 23.1 Å². The molecule has 28 heavy (non-hydrogen) atoms. The number of nitrogens with zero attached hydrogens (tertiary/aromatic N) is 2. The molecule has 2 N–H and O–H groups in total. The number of aliphatic hydroxyl groups is 2. The Labute approximate surface area is 168 Å². The highest BCUT2D eigenvalue weighted by atomic mass is 79.9. The molecule has 9 heteroatoms. The molecule has 0 unspecified atom stereocenters. The molecule has 1 fully saturated rings. The number of hydrogen-bond acceptors (Lipinski definition) is 6. The van der Waals surface area contributed by atoms with E-state index in [1.807, 2.05) is 0 Å². The maximum Gasteiger partial charge on any atom is 0.295 e. The van der Waals surface area contributed by atoms with Gasteiger partial charge in [0.1, 0.15) is 5.76 Å². The van der Waals surface area contributed by atoms with Crippen LogP contribution < -0.4 is 0 Å². The molecular formula is C19H15BrN2O6. The van der Waals surface area contributed by atoms with Gasteiger partial charge >= 0.3 is 0 Å². The Morgan fingerprint density at radius 3 is 2.25 bits per heavy atom. The van der Waals surface area contributed by atoms with Gasteiger partial charge in [-0.05, 0) is 29.8 Å². The number of likely N-dealkylation sites (tertiary alicyclic amines) is 1. The predicted molar refractivity (Wildman–Crippen MR) is 103 cm³/mol. The molecule has 0 aromatic heterocycles. The van der Waals surface area contributed by atoms with E-state index in [4.69, 9.17) is 0 Å². The minimum Gasteiger partial charge on any atom is -0.507 e. The second-order valence-corrected chi connectivity index (χ2v) is 6.99. The molecule has 1 aliphatic heterocycles. The van der Waals surface area contributed by atoms with Crippen molar-refractivity contribution in [2.24, 2.45) is 0 Å². The minimum absolute atomic E-state index is 0.0810. The van der Waals surface area contributed by atoms with Crippen molar-refractivity contribution >= 4 is 39.1 Å². The summed E-state index contributed by atoms with van der Waals surface area (Å²) in [4.78, 5) is 36.5. The van der Waals surface area contributed by atoms with Crippen molar-refractivity contribution in [1.29, 1.82) is 0 Å². The van der Waals surface area contributed by atoms with Crippen LogP contribution >= 0.6 is 15.9 Å². The van der Waals surface area contributed by atoms with Crippen LogP contribution in [0.25, 0.3) is 5.76 Å². The second kappa shape index (κ2) is 7.91. The first-order chi connectivity index (χ1) is 13.3. The molecule has 0 aliphatic carbocycles. The molecule has 1 amide bonds. The van der Waals surface area contributed by atoms with Crippen LogP contribution in [-0.2, 0) is 9.59 Å². The van der Waals surface area contributed by atoms with Gasteiger partial charge in [-0.15, -0.1) is 0 Å². The lowest BCUT2D eigenvalue weighted by molar-refractivity contribution is -0.384. The third-order valence-corrected chi connectivity index (χ3v) is 4.95. The first-order valence-corrected chi connectivity index (χ1v) is 9.04. The average molecular weight is 447 g/mol. The van der Waals surface area contributed by atoms with Gasteiger partial charge in [0.15, 0.2) is 0 Å². The number of nitro groups is 1. The maximum atomic E-state index is 12.6. The van der Waals surface area contributed by atoms with Crippen LogP contribution in [0.2, 0.25) is 0 Å². The lowest BCUT2D eigenvalue weighted by Crippen LogP contribution is -2.32. The fourth-order valence-electron chi connectivity index (χ4n) is 3.11. The number of carbonyl (C=O) groups excluding carboxylic acids is 2. The molecule has 2 aromatic carbocycles. The van der Waals surface area contributed by atoms with Crippen LogP contribution in [0.3, 0.4) is 0 Å². The van der Waals surface area contributed by atoms with Gasteiger partial charge in [0.25, 0.3) is 17.4 Å². The summed E-state index contributed by atoms with van der Waals surface area (Å²) in [6, 6.07) is 11.0. The summed E-state index contributed by atoms with van der Waals surface area (Å²) in [5.74, 6) is -2.13. The van der Waals surface area contributed by atoms with Crippen molar-refractivity contribution in [3.05, 3.63) is 79.8 Å². The lowest BCUT2D eigenvalue weighted by Gasteiger charge is -2.24. The summed E-state index contributed by atoms with van der Waals surface area (Å²) in [5, 5.41) is 30.9. The zero-order valence-corrected chi connectivity index (χ0v) is 16.0. The third-order valence-electron chi connectivity index (χ3n) is 4.42. The SMILES string of the molecule is O=C1C(=O)N(CCO)[C@@H](c2ccc(Br)cc2)C1=C(O)c1ccc([N+](=O)[O-])cc1. The largest absolute Gasteiger partial charge is 0.507 e. The van der Waals surface area contributed by atoms with E-state index in [9.17, 15) is 29.9 Å². The number of Topliss-reactive ketones (excluding diaryl/α,β-unsaturated/α-hetero) is 1. The zero-order chi connectivity index (χ0) is 20.4. The van der Waals surface area contributed by atoms with Crippen LogP contribution in [0.5, 0.6) is 0 Å². The summed E-state index contributed by atoms with van der Waals surface area (Å²) in [6.07, 6.45) is 0. The molecule has 1 atom stereocenters. The van der Waals surface area contributed by atoms with Crippen LogP contribution in [0.4, 0.5) is 5.69 Å². The Balaban J connectivity index is 2.14. The molecule has 3 rings (SSSR count). The maximum absolute atomic E-state index is 12.6. The van der Waals surface area contributed by atoms with Crippen molar-refractivity contribution in [2.45, 2.75) is 6.04 Å². The van der Waals surface area contributed by atoms with Gasteiger partial charge in [-0.2, -0.15) is 0 Å². The number of halogens is 1. The minimum atomic E-state index is -0.879. The zero-order valence-electron chi connectivity index (χ0n) is 14.4. The Kier molecular flexibility index (Phi) is 5.57. The number of amides is 1. The molecule has 8 nitrogen and oxygen atoms in total. The molecule has 1 heterocycles. The Bertz CT molecular complexity index is 969. The predicted octanol–water partition coefficient (Wildman–Crippen LogP) is 2.77. The van der Waals surface area contributed by atoms with E-state index in [0.29, 0.717) is 5.56 Å². The fourth-order valence-corrected chi connectivity index (χ4v) is 3.37. The molecule has 2 aromatic rings. The number of benzene rings is 2. The van der Waals surface area contributed by atoms with E-state index in [0.717, 1.165) is 4.47 Å². The molecule has 0 spiro atoms. The summed E-state index contributed by atoms with van der Waals surface area (Å²) in [5.41, 5.74) is 0.463. The van der Waals surface area contributed by atoms with Crippen molar-refractivity contribution in [1.82, 2.24) is 4.90 Å². The van der Waals surface area contributed by atoms with E-state index < -0.39 is 28.4 Å². The van der Waals surface area contributed by atoms with Crippen LogP contribution in [0.1, 0.15) is 17.2 Å². The summed E-state index contributed by atoms with van der Waals surface area (Å²) in [6.45, 7) is -0.431. The summed E-state index contributed by atoms with van der Waals surface area (Å²) < 4.78 is 0.797. The topological polar surface area (TPSA) is 121 Å². The Hall–Kier alpha value is -3.04. The van der Waals surface area contributed by atoms with Crippen molar-refractivity contribution in [2.75, 3.05) is 13.2 Å².